The van der Waals surface area contributed by atoms with Gasteiger partial charge < -0.3 is 29.2 Å². The Morgan fingerprint density at radius 1 is 0.767 bits per heavy atom. The summed E-state index contributed by atoms with van der Waals surface area (Å²) in [6, 6.07) is 22.0. The first kappa shape index (κ1) is 21.5. The number of aliphatic hydroxyl groups excluding tert-OH is 2. The molecule has 6 nitrogen and oxygen atoms in total. The van der Waals surface area contributed by atoms with Crippen molar-refractivity contribution in [3.8, 4) is 23.0 Å². The van der Waals surface area contributed by atoms with Crippen molar-refractivity contribution in [3.63, 3.8) is 0 Å². The number of methoxy groups -OCH3 is 2. The van der Waals surface area contributed by atoms with Crippen molar-refractivity contribution in [2.75, 3.05) is 20.8 Å². The van der Waals surface area contributed by atoms with E-state index in [1.165, 1.54) is 14.2 Å². The Hall–Kier alpha value is -3.22. The molecule has 0 spiro atoms. The van der Waals surface area contributed by atoms with Crippen LogP contribution in [-0.4, -0.2) is 37.1 Å². The molecule has 2 atom stereocenters. The van der Waals surface area contributed by atoms with Crippen LogP contribution in [-0.2, 0) is 6.61 Å². The second kappa shape index (κ2) is 10.5. The molecule has 0 radical (unpaired) electrons. The molecule has 0 heterocycles. The minimum Gasteiger partial charge on any atom is -0.493 e. The number of ether oxygens (including phenoxy) is 4. The normalized spacial score (nSPS) is 12.7. The Morgan fingerprint density at radius 2 is 1.43 bits per heavy atom. The first-order valence-corrected chi connectivity index (χ1v) is 9.59. The van der Waals surface area contributed by atoms with E-state index in [1.807, 2.05) is 36.4 Å². The van der Waals surface area contributed by atoms with E-state index in [4.69, 9.17) is 18.9 Å². The zero-order chi connectivity index (χ0) is 21.3. The lowest BCUT2D eigenvalue weighted by Crippen LogP contribution is -2.29. The standard InChI is InChI=1S/C24H26O6/c1-27-19-10-6-7-11-21(19)30-23(15-25)24(26)18-12-13-20(22(14-18)28-2)29-16-17-8-4-3-5-9-17/h3-14,23-26H,15-16H2,1-2H3. The lowest BCUT2D eigenvalue weighted by Gasteiger charge is -2.24. The maximum Gasteiger partial charge on any atom is 0.161 e. The molecule has 0 fully saturated rings. The molecule has 0 saturated carbocycles. The van der Waals surface area contributed by atoms with Gasteiger partial charge in [0, 0.05) is 0 Å². The summed E-state index contributed by atoms with van der Waals surface area (Å²) in [7, 11) is 3.07. The molecule has 6 heteroatoms. The molecule has 3 aromatic carbocycles. The first-order chi connectivity index (χ1) is 14.7. The Kier molecular flexibility index (Phi) is 7.54. The molecule has 0 amide bonds. The molecular formula is C24H26O6. The van der Waals surface area contributed by atoms with Gasteiger partial charge in [0.05, 0.1) is 20.8 Å². The van der Waals surface area contributed by atoms with Crippen molar-refractivity contribution >= 4 is 0 Å². The van der Waals surface area contributed by atoms with Crippen molar-refractivity contribution in [1.82, 2.24) is 0 Å². The van der Waals surface area contributed by atoms with Crippen LogP contribution in [0.5, 0.6) is 23.0 Å². The maximum absolute atomic E-state index is 10.8. The molecule has 0 aliphatic rings. The third-order valence-corrected chi connectivity index (χ3v) is 4.65. The third kappa shape index (κ3) is 5.23. The Labute approximate surface area is 176 Å². The average molecular weight is 410 g/mol. The molecule has 3 aromatic rings. The zero-order valence-corrected chi connectivity index (χ0v) is 17.0. The van der Waals surface area contributed by atoms with Crippen molar-refractivity contribution in [2.24, 2.45) is 0 Å². The van der Waals surface area contributed by atoms with E-state index in [9.17, 15) is 10.2 Å². The van der Waals surface area contributed by atoms with Gasteiger partial charge >= 0.3 is 0 Å². The molecule has 0 aromatic heterocycles. The van der Waals surface area contributed by atoms with Gasteiger partial charge in [0.1, 0.15) is 12.7 Å². The highest BCUT2D eigenvalue weighted by Crippen LogP contribution is 2.34. The van der Waals surface area contributed by atoms with Gasteiger partial charge in [-0.3, -0.25) is 0 Å². The number of hydrogen-bond acceptors (Lipinski definition) is 6. The van der Waals surface area contributed by atoms with Crippen molar-refractivity contribution in [3.05, 3.63) is 83.9 Å². The summed E-state index contributed by atoms with van der Waals surface area (Å²) >= 11 is 0. The molecule has 3 rings (SSSR count). The fourth-order valence-electron chi connectivity index (χ4n) is 3.02. The van der Waals surface area contributed by atoms with Gasteiger partial charge in [0.25, 0.3) is 0 Å². The highest BCUT2D eigenvalue weighted by molar-refractivity contribution is 5.44. The fourth-order valence-corrected chi connectivity index (χ4v) is 3.02. The van der Waals surface area contributed by atoms with Gasteiger partial charge in [-0.25, -0.2) is 0 Å². The summed E-state index contributed by atoms with van der Waals surface area (Å²) in [5, 5.41) is 20.6. The Morgan fingerprint density at radius 3 is 2.10 bits per heavy atom. The molecule has 0 aliphatic heterocycles. The van der Waals surface area contributed by atoms with Crippen molar-refractivity contribution in [2.45, 2.75) is 18.8 Å². The SMILES string of the molecule is COc1cc(C(O)C(CO)Oc2ccccc2OC)ccc1OCc1ccccc1. The minimum atomic E-state index is -1.09. The summed E-state index contributed by atoms with van der Waals surface area (Å²) in [6.45, 7) is 0.0169. The van der Waals surface area contributed by atoms with E-state index < -0.39 is 12.2 Å². The predicted octanol–water partition coefficient (Wildman–Crippen LogP) is 3.76. The molecule has 2 N–H and O–H groups in total. The Balaban J connectivity index is 1.74. The summed E-state index contributed by atoms with van der Waals surface area (Å²) in [5.74, 6) is 2.00. The van der Waals surface area contributed by atoms with Gasteiger partial charge in [0.2, 0.25) is 0 Å². The molecule has 158 valence electrons. The van der Waals surface area contributed by atoms with Crippen LogP contribution in [0.1, 0.15) is 17.2 Å². The van der Waals surface area contributed by atoms with Crippen LogP contribution in [0.4, 0.5) is 0 Å². The molecule has 0 saturated heterocycles. The van der Waals surface area contributed by atoms with Crippen LogP contribution in [0.2, 0.25) is 0 Å². The molecule has 2 unspecified atom stereocenters. The molecular weight excluding hydrogens is 384 g/mol. The van der Waals surface area contributed by atoms with E-state index in [-0.39, 0.29) is 6.61 Å². The lowest BCUT2D eigenvalue weighted by molar-refractivity contribution is -0.000523. The number of benzene rings is 3. The molecule has 30 heavy (non-hydrogen) atoms. The van der Waals surface area contributed by atoms with Gasteiger partial charge in [0.15, 0.2) is 29.1 Å². The van der Waals surface area contributed by atoms with Crippen molar-refractivity contribution < 1.29 is 29.2 Å². The van der Waals surface area contributed by atoms with Crippen molar-refractivity contribution in [1.29, 1.82) is 0 Å². The van der Waals surface area contributed by atoms with Crippen LogP contribution < -0.4 is 18.9 Å². The zero-order valence-electron chi connectivity index (χ0n) is 17.0. The average Bonchev–Trinajstić information content (AvgIpc) is 2.81. The number of para-hydroxylation sites is 2. The van der Waals surface area contributed by atoms with Gasteiger partial charge in [-0.15, -0.1) is 0 Å². The highest BCUT2D eigenvalue weighted by atomic mass is 16.5. The van der Waals surface area contributed by atoms with Gasteiger partial charge in [-0.05, 0) is 35.4 Å². The number of aliphatic hydroxyl groups is 2. The second-order valence-electron chi connectivity index (χ2n) is 6.62. The topological polar surface area (TPSA) is 77.4 Å². The van der Waals surface area contributed by atoms with Crippen LogP contribution in [0.3, 0.4) is 0 Å². The third-order valence-electron chi connectivity index (χ3n) is 4.65. The monoisotopic (exact) mass is 410 g/mol. The van der Waals surface area contributed by atoms with Crippen LogP contribution >= 0.6 is 0 Å². The van der Waals surface area contributed by atoms with E-state index >= 15 is 0 Å². The minimum absolute atomic E-state index is 0.381. The molecule has 0 bridgehead atoms. The number of hydrogen-bond donors (Lipinski definition) is 2. The summed E-state index contributed by atoms with van der Waals surface area (Å²) in [5.41, 5.74) is 1.57. The fraction of sp³-hybridized carbons (Fsp3) is 0.250. The van der Waals surface area contributed by atoms with Crippen LogP contribution in [0.15, 0.2) is 72.8 Å². The Bertz CT molecular complexity index is 928. The lowest BCUT2D eigenvalue weighted by atomic mass is 10.0. The van der Waals surface area contributed by atoms with E-state index in [0.29, 0.717) is 35.2 Å². The predicted molar refractivity (Wildman–Crippen MR) is 113 cm³/mol. The van der Waals surface area contributed by atoms with Gasteiger partial charge in [-0.1, -0.05) is 48.5 Å². The van der Waals surface area contributed by atoms with Crippen LogP contribution in [0, 0.1) is 0 Å². The molecule has 0 aliphatic carbocycles. The quantitative estimate of drug-likeness (QED) is 0.530. The first-order valence-electron chi connectivity index (χ1n) is 9.59. The summed E-state index contributed by atoms with van der Waals surface area (Å²) in [4.78, 5) is 0. The smallest absolute Gasteiger partial charge is 0.161 e. The van der Waals surface area contributed by atoms with E-state index in [0.717, 1.165) is 5.56 Å². The summed E-state index contributed by atoms with van der Waals surface area (Å²) < 4.78 is 22.4. The largest absolute Gasteiger partial charge is 0.493 e. The summed E-state index contributed by atoms with van der Waals surface area (Å²) in [6.07, 6.45) is -1.97. The number of rotatable bonds is 10. The van der Waals surface area contributed by atoms with Crippen LogP contribution in [0.25, 0.3) is 0 Å². The second-order valence-corrected chi connectivity index (χ2v) is 6.62. The maximum atomic E-state index is 10.8. The highest BCUT2D eigenvalue weighted by Gasteiger charge is 2.24. The van der Waals surface area contributed by atoms with Gasteiger partial charge in [-0.2, -0.15) is 0 Å². The van der Waals surface area contributed by atoms with E-state index in [1.54, 1.807) is 36.4 Å². The van der Waals surface area contributed by atoms with E-state index in [2.05, 4.69) is 0 Å².